The van der Waals surface area contributed by atoms with Gasteiger partial charge in [0.05, 0.1) is 0 Å². The Labute approximate surface area is 180 Å². The fourth-order valence-electron chi connectivity index (χ4n) is 4.51. The van der Waals surface area contributed by atoms with Crippen LogP contribution in [0.3, 0.4) is 0 Å². The highest BCUT2D eigenvalue weighted by atomic mass is 16.2. The molecule has 4 rings (SSSR count). The molecular formula is C25H34N4O. The summed E-state index contributed by atoms with van der Waals surface area (Å²) in [7, 11) is 0. The van der Waals surface area contributed by atoms with Crippen molar-refractivity contribution in [3.05, 3.63) is 60.2 Å². The van der Waals surface area contributed by atoms with Crippen LogP contribution < -0.4 is 15.5 Å². The maximum absolute atomic E-state index is 12.3. The van der Waals surface area contributed by atoms with Crippen LogP contribution in [0.1, 0.15) is 31.2 Å². The monoisotopic (exact) mass is 406 g/mol. The SMILES string of the molecule is O=C(NCC1CCN(c2ccccc2)C1)Nc1ccc(CCN2CCCCC2)cc1. The predicted octanol–water partition coefficient (Wildman–Crippen LogP) is 4.36. The van der Waals surface area contributed by atoms with Crippen molar-refractivity contribution in [2.45, 2.75) is 32.1 Å². The van der Waals surface area contributed by atoms with Gasteiger partial charge in [-0.1, -0.05) is 36.8 Å². The van der Waals surface area contributed by atoms with Crippen LogP contribution in [0.15, 0.2) is 54.6 Å². The van der Waals surface area contributed by atoms with E-state index in [0.29, 0.717) is 12.5 Å². The maximum atomic E-state index is 12.3. The normalized spacial score (nSPS) is 19.6. The van der Waals surface area contributed by atoms with E-state index in [9.17, 15) is 4.79 Å². The fourth-order valence-corrected chi connectivity index (χ4v) is 4.51. The van der Waals surface area contributed by atoms with Crippen molar-refractivity contribution >= 4 is 17.4 Å². The molecule has 1 atom stereocenters. The largest absolute Gasteiger partial charge is 0.371 e. The Hall–Kier alpha value is -2.53. The molecule has 2 aromatic carbocycles. The van der Waals surface area contributed by atoms with Gasteiger partial charge in [-0.2, -0.15) is 0 Å². The van der Waals surface area contributed by atoms with E-state index in [2.05, 4.69) is 56.8 Å². The second-order valence-electron chi connectivity index (χ2n) is 8.62. The maximum Gasteiger partial charge on any atom is 0.319 e. The number of rotatable bonds is 7. The second kappa shape index (κ2) is 10.5. The van der Waals surface area contributed by atoms with Crippen LogP contribution in [-0.4, -0.2) is 50.2 Å². The lowest BCUT2D eigenvalue weighted by molar-refractivity contribution is 0.231. The summed E-state index contributed by atoms with van der Waals surface area (Å²) in [6, 6.07) is 18.7. The van der Waals surface area contributed by atoms with E-state index in [-0.39, 0.29) is 6.03 Å². The van der Waals surface area contributed by atoms with Gasteiger partial charge in [-0.25, -0.2) is 4.79 Å². The smallest absolute Gasteiger partial charge is 0.319 e. The van der Waals surface area contributed by atoms with Gasteiger partial charge in [0.2, 0.25) is 0 Å². The molecule has 5 heteroatoms. The number of nitrogens with zero attached hydrogens (tertiary/aromatic N) is 2. The molecule has 2 N–H and O–H groups in total. The highest BCUT2D eigenvalue weighted by Gasteiger charge is 2.22. The molecule has 2 heterocycles. The number of urea groups is 1. The number of likely N-dealkylation sites (tertiary alicyclic amines) is 1. The van der Waals surface area contributed by atoms with Gasteiger partial charge in [-0.05, 0) is 74.5 Å². The van der Waals surface area contributed by atoms with Crippen molar-refractivity contribution in [2.24, 2.45) is 5.92 Å². The Morgan fingerprint density at radius 1 is 0.933 bits per heavy atom. The van der Waals surface area contributed by atoms with Gasteiger partial charge >= 0.3 is 6.03 Å². The van der Waals surface area contributed by atoms with Crippen LogP contribution in [0.5, 0.6) is 0 Å². The summed E-state index contributed by atoms with van der Waals surface area (Å²) in [5, 5.41) is 6.01. The molecule has 0 aromatic heterocycles. The van der Waals surface area contributed by atoms with Gasteiger partial charge in [0.15, 0.2) is 0 Å². The van der Waals surface area contributed by atoms with E-state index in [1.165, 1.54) is 43.6 Å². The molecular weight excluding hydrogens is 372 g/mol. The third-order valence-corrected chi connectivity index (χ3v) is 6.34. The number of nitrogens with one attached hydrogen (secondary N) is 2. The summed E-state index contributed by atoms with van der Waals surface area (Å²) in [5.41, 5.74) is 3.45. The number of carbonyl (C=O) groups excluding carboxylic acids is 1. The quantitative estimate of drug-likeness (QED) is 0.718. The number of piperidine rings is 1. The minimum atomic E-state index is -0.116. The predicted molar refractivity (Wildman–Crippen MR) is 124 cm³/mol. The molecule has 5 nitrogen and oxygen atoms in total. The number of anilines is 2. The number of amides is 2. The molecule has 0 bridgehead atoms. The molecule has 2 amide bonds. The molecule has 2 saturated heterocycles. The topological polar surface area (TPSA) is 47.6 Å². The van der Waals surface area contributed by atoms with Crippen molar-refractivity contribution in [1.82, 2.24) is 10.2 Å². The van der Waals surface area contributed by atoms with E-state index in [1.54, 1.807) is 0 Å². The van der Waals surface area contributed by atoms with E-state index in [4.69, 9.17) is 0 Å². The van der Waals surface area contributed by atoms with Crippen LogP contribution in [0.4, 0.5) is 16.2 Å². The first-order valence-corrected chi connectivity index (χ1v) is 11.4. The zero-order valence-corrected chi connectivity index (χ0v) is 17.9. The molecule has 160 valence electrons. The van der Waals surface area contributed by atoms with Crippen LogP contribution >= 0.6 is 0 Å². The lowest BCUT2D eigenvalue weighted by Crippen LogP contribution is -2.34. The van der Waals surface area contributed by atoms with Gasteiger partial charge in [-0.3, -0.25) is 0 Å². The summed E-state index contributed by atoms with van der Waals surface area (Å²) < 4.78 is 0. The Morgan fingerprint density at radius 3 is 2.47 bits per heavy atom. The number of benzene rings is 2. The van der Waals surface area contributed by atoms with Crippen LogP contribution in [0.2, 0.25) is 0 Å². The van der Waals surface area contributed by atoms with E-state index in [0.717, 1.165) is 38.2 Å². The van der Waals surface area contributed by atoms with E-state index in [1.807, 2.05) is 18.2 Å². The van der Waals surface area contributed by atoms with Gasteiger partial charge in [0.25, 0.3) is 0 Å². The van der Waals surface area contributed by atoms with E-state index >= 15 is 0 Å². The highest BCUT2D eigenvalue weighted by Crippen LogP contribution is 2.23. The molecule has 2 aromatic rings. The van der Waals surface area contributed by atoms with Crippen molar-refractivity contribution in [3.8, 4) is 0 Å². The average Bonchev–Trinajstić information content (AvgIpc) is 3.28. The van der Waals surface area contributed by atoms with Crippen LogP contribution in [0, 0.1) is 5.92 Å². The minimum Gasteiger partial charge on any atom is -0.371 e. The molecule has 0 spiro atoms. The van der Waals surface area contributed by atoms with Gasteiger partial charge in [0.1, 0.15) is 0 Å². The number of hydrogen-bond donors (Lipinski definition) is 2. The van der Waals surface area contributed by atoms with Gasteiger partial charge in [-0.15, -0.1) is 0 Å². The molecule has 0 saturated carbocycles. The summed E-state index contributed by atoms with van der Waals surface area (Å²) in [6.45, 7) is 6.37. The first kappa shape index (κ1) is 20.7. The Morgan fingerprint density at radius 2 is 1.70 bits per heavy atom. The van der Waals surface area contributed by atoms with Crippen LogP contribution in [-0.2, 0) is 6.42 Å². The van der Waals surface area contributed by atoms with Crippen molar-refractivity contribution in [3.63, 3.8) is 0 Å². The summed E-state index contributed by atoms with van der Waals surface area (Å²) in [5.74, 6) is 0.494. The number of para-hydroxylation sites is 1. The molecule has 2 aliphatic heterocycles. The zero-order valence-electron chi connectivity index (χ0n) is 17.9. The van der Waals surface area contributed by atoms with Crippen molar-refractivity contribution in [1.29, 1.82) is 0 Å². The molecule has 2 aliphatic rings. The van der Waals surface area contributed by atoms with Gasteiger partial charge < -0.3 is 20.4 Å². The standard InChI is InChI=1S/C25H34N4O/c30-25(26-19-22-14-18-29(20-22)24-7-3-1-4-8-24)27-23-11-9-21(10-12-23)13-17-28-15-5-2-6-16-28/h1,3-4,7-12,22H,2,5-6,13-20H2,(H2,26,27,30). The number of carbonyl (C=O) groups is 1. The third kappa shape index (κ3) is 5.99. The highest BCUT2D eigenvalue weighted by molar-refractivity contribution is 5.89. The molecule has 30 heavy (non-hydrogen) atoms. The Bertz CT molecular complexity index is 787. The molecule has 1 unspecified atom stereocenters. The summed E-state index contributed by atoms with van der Waals surface area (Å²) in [4.78, 5) is 17.3. The van der Waals surface area contributed by atoms with E-state index < -0.39 is 0 Å². The fraction of sp³-hybridized carbons (Fsp3) is 0.480. The average molecular weight is 407 g/mol. The van der Waals surface area contributed by atoms with Crippen molar-refractivity contribution in [2.75, 3.05) is 49.5 Å². The summed E-state index contributed by atoms with van der Waals surface area (Å²) >= 11 is 0. The third-order valence-electron chi connectivity index (χ3n) is 6.34. The van der Waals surface area contributed by atoms with Crippen molar-refractivity contribution < 1.29 is 4.79 Å². The number of hydrogen-bond acceptors (Lipinski definition) is 3. The molecule has 0 radical (unpaired) electrons. The lowest BCUT2D eigenvalue weighted by atomic mass is 10.1. The minimum absolute atomic E-state index is 0.116. The Balaban J connectivity index is 1.16. The molecule has 0 aliphatic carbocycles. The lowest BCUT2D eigenvalue weighted by Gasteiger charge is -2.26. The summed E-state index contributed by atoms with van der Waals surface area (Å²) in [6.07, 6.45) is 6.24. The van der Waals surface area contributed by atoms with Gasteiger partial charge in [0, 0.05) is 37.6 Å². The first-order valence-electron chi connectivity index (χ1n) is 11.4. The second-order valence-corrected chi connectivity index (χ2v) is 8.62. The zero-order chi connectivity index (χ0) is 20.6. The Kier molecular flexibility index (Phi) is 7.25. The van der Waals surface area contributed by atoms with Crippen LogP contribution in [0.25, 0.3) is 0 Å². The molecule has 2 fully saturated rings. The first-order chi connectivity index (χ1) is 14.8.